The van der Waals surface area contributed by atoms with E-state index in [1.807, 2.05) is 48.5 Å². The lowest BCUT2D eigenvalue weighted by atomic mass is 9.54. The van der Waals surface area contributed by atoms with Gasteiger partial charge < -0.3 is 21.7 Å². The van der Waals surface area contributed by atoms with Crippen LogP contribution in [0.5, 0.6) is 0 Å². The molecule has 3 fully saturated rings. The summed E-state index contributed by atoms with van der Waals surface area (Å²) in [6, 6.07) is 23.9. The van der Waals surface area contributed by atoms with Crippen molar-refractivity contribution in [1.82, 2.24) is 16.0 Å². The topological polar surface area (TPSA) is 113 Å². The van der Waals surface area contributed by atoms with Crippen LogP contribution in [-0.4, -0.2) is 42.9 Å². The van der Waals surface area contributed by atoms with Gasteiger partial charge in [0.1, 0.15) is 12.1 Å². The highest BCUT2D eigenvalue weighted by Crippen LogP contribution is 2.56. The third-order valence-electron chi connectivity index (χ3n) is 9.55. The Morgan fingerprint density at radius 3 is 1.77 bits per heavy atom. The molecule has 3 aromatic rings. The van der Waals surface area contributed by atoms with Crippen LogP contribution in [0.4, 0.5) is 0 Å². The summed E-state index contributed by atoms with van der Waals surface area (Å²) in [5.74, 6) is -0.995. The molecular formula is C35H41ClN4O3. The number of hydrogen-bond acceptors (Lipinski definition) is 4. The molecule has 3 saturated carbocycles. The van der Waals surface area contributed by atoms with Crippen molar-refractivity contribution in [2.24, 2.45) is 16.6 Å². The van der Waals surface area contributed by atoms with E-state index in [9.17, 15) is 14.4 Å². The van der Waals surface area contributed by atoms with E-state index >= 15 is 0 Å². The SMILES string of the molecule is NCC12CCC(CNC(=O)[C@H](Cc3ccccc3)NC(=O)[C@@H](Cc3ccc(Cl)cc3)NC(=O)c3ccccc3)(CC1)CC2. The minimum Gasteiger partial charge on any atom is -0.354 e. The number of nitrogens with two attached hydrogens (primary N) is 1. The van der Waals surface area contributed by atoms with Crippen LogP contribution in [0, 0.1) is 10.8 Å². The molecule has 0 saturated heterocycles. The molecule has 226 valence electrons. The first-order chi connectivity index (χ1) is 20.8. The predicted octanol–water partition coefficient (Wildman–Crippen LogP) is 4.82. The summed E-state index contributed by atoms with van der Waals surface area (Å²) in [6.45, 7) is 1.32. The van der Waals surface area contributed by atoms with Gasteiger partial charge in [0, 0.05) is 30.0 Å². The smallest absolute Gasteiger partial charge is 0.251 e. The van der Waals surface area contributed by atoms with Gasteiger partial charge in [-0.25, -0.2) is 0 Å². The second-order valence-corrected chi connectivity index (χ2v) is 12.8. The van der Waals surface area contributed by atoms with E-state index in [1.54, 1.807) is 36.4 Å². The highest BCUT2D eigenvalue weighted by Gasteiger charge is 2.48. The van der Waals surface area contributed by atoms with Crippen LogP contribution in [0.1, 0.15) is 60.0 Å². The Morgan fingerprint density at radius 2 is 1.19 bits per heavy atom. The second kappa shape index (κ2) is 13.7. The number of amides is 3. The first kappa shape index (κ1) is 30.8. The van der Waals surface area contributed by atoms with Gasteiger partial charge in [0.25, 0.3) is 5.91 Å². The van der Waals surface area contributed by atoms with Gasteiger partial charge in [-0.05, 0) is 91.3 Å². The van der Waals surface area contributed by atoms with Gasteiger partial charge >= 0.3 is 0 Å². The van der Waals surface area contributed by atoms with Crippen molar-refractivity contribution < 1.29 is 14.4 Å². The summed E-state index contributed by atoms with van der Waals surface area (Å²) in [5, 5.41) is 9.67. The molecule has 3 aromatic carbocycles. The fourth-order valence-electron chi connectivity index (χ4n) is 6.54. The highest BCUT2D eigenvalue weighted by molar-refractivity contribution is 6.30. The standard InChI is InChI=1S/C35H41ClN4O3/c36-28-13-11-26(12-14-28)22-30(39-31(41)27-9-5-2-6-10-27)33(43)40-29(21-25-7-3-1-4-8-25)32(42)38-24-35-18-15-34(23-37,16-19-35)17-20-35/h1-14,29-30H,15-24,37H2,(H,38,42)(H,39,41)(H,40,43)/t29-,30+,34?,35?/m0/s1. The maximum atomic E-state index is 13.8. The van der Waals surface area contributed by atoms with Crippen LogP contribution in [0.25, 0.3) is 0 Å². The van der Waals surface area contributed by atoms with E-state index in [0.29, 0.717) is 23.6 Å². The number of rotatable bonds is 12. The van der Waals surface area contributed by atoms with Gasteiger partial charge in [-0.1, -0.05) is 72.3 Å². The molecule has 0 heterocycles. The zero-order chi connectivity index (χ0) is 30.3. The average Bonchev–Trinajstić information content (AvgIpc) is 3.05. The van der Waals surface area contributed by atoms with Crippen molar-refractivity contribution in [3.8, 4) is 0 Å². The third-order valence-corrected chi connectivity index (χ3v) is 9.81. The number of benzene rings is 3. The van der Waals surface area contributed by atoms with Crippen LogP contribution < -0.4 is 21.7 Å². The van der Waals surface area contributed by atoms with E-state index in [0.717, 1.165) is 56.2 Å². The number of nitrogens with one attached hydrogen (secondary N) is 3. The normalized spacial score (nSPS) is 22.3. The number of halogens is 1. The van der Waals surface area contributed by atoms with Crippen molar-refractivity contribution in [2.75, 3.05) is 13.1 Å². The number of carbonyl (C=O) groups excluding carboxylic acids is 3. The van der Waals surface area contributed by atoms with E-state index in [2.05, 4.69) is 16.0 Å². The maximum absolute atomic E-state index is 13.8. The summed E-state index contributed by atoms with van der Waals surface area (Å²) in [7, 11) is 0. The molecule has 0 aromatic heterocycles. The molecule has 2 atom stereocenters. The van der Waals surface area contributed by atoms with Crippen LogP contribution in [0.15, 0.2) is 84.9 Å². The summed E-state index contributed by atoms with van der Waals surface area (Å²) < 4.78 is 0. The maximum Gasteiger partial charge on any atom is 0.251 e. The Bertz CT molecular complexity index is 1370. The zero-order valence-corrected chi connectivity index (χ0v) is 25.2. The summed E-state index contributed by atoms with van der Waals surface area (Å²) >= 11 is 6.08. The van der Waals surface area contributed by atoms with E-state index in [4.69, 9.17) is 17.3 Å². The second-order valence-electron chi connectivity index (χ2n) is 12.4. The van der Waals surface area contributed by atoms with E-state index < -0.39 is 18.0 Å². The van der Waals surface area contributed by atoms with Crippen LogP contribution in [-0.2, 0) is 22.4 Å². The first-order valence-corrected chi connectivity index (χ1v) is 15.6. The molecule has 43 heavy (non-hydrogen) atoms. The van der Waals surface area contributed by atoms with Crippen molar-refractivity contribution in [2.45, 2.75) is 63.5 Å². The lowest BCUT2D eigenvalue weighted by molar-refractivity contribution is -0.130. The van der Waals surface area contributed by atoms with Gasteiger partial charge in [0.05, 0.1) is 0 Å². The molecule has 3 aliphatic carbocycles. The Labute approximate surface area is 259 Å². The Balaban J connectivity index is 1.31. The summed E-state index contributed by atoms with van der Waals surface area (Å²) in [6.07, 6.45) is 7.10. The van der Waals surface area contributed by atoms with Gasteiger partial charge in [0.2, 0.25) is 11.8 Å². The number of carbonyl (C=O) groups is 3. The third kappa shape index (κ3) is 7.84. The van der Waals surface area contributed by atoms with Gasteiger partial charge in [-0.3, -0.25) is 14.4 Å². The molecule has 0 unspecified atom stereocenters. The summed E-state index contributed by atoms with van der Waals surface area (Å²) in [5.41, 5.74) is 8.69. The highest BCUT2D eigenvalue weighted by atomic mass is 35.5. The van der Waals surface area contributed by atoms with Crippen LogP contribution in [0.3, 0.4) is 0 Å². The molecule has 6 rings (SSSR count). The van der Waals surface area contributed by atoms with Crippen LogP contribution in [0.2, 0.25) is 5.02 Å². The minimum atomic E-state index is -0.903. The van der Waals surface area contributed by atoms with E-state index in [-0.39, 0.29) is 29.1 Å². The van der Waals surface area contributed by atoms with Crippen LogP contribution >= 0.6 is 11.6 Å². The largest absolute Gasteiger partial charge is 0.354 e. The molecule has 8 heteroatoms. The molecule has 0 radical (unpaired) electrons. The van der Waals surface area contributed by atoms with E-state index in [1.165, 1.54) is 0 Å². The van der Waals surface area contributed by atoms with Gasteiger partial charge in [-0.15, -0.1) is 0 Å². The zero-order valence-electron chi connectivity index (χ0n) is 24.5. The fourth-order valence-corrected chi connectivity index (χ4v) is 6.66. The molecule has 0 aliphatic heterocycles. The van der Waals surface area contributed by atoms with Crippen molar-refractivity contribution in [1.29, 1.82) is 0 Å². The lowest BCUT2D eigenvalue weighted by Gasteiger charge is -2.53. The molecule has 2 bridgehead atoms. The lowest BCUT2D eigenvalue weighted by Crippen LogP contribution is -2.56. The Morgan fingerprint density at radius 1 is 0.674 bits per heavy atom. The van der Waals surface area contributed by atoms with Crippen molar-refractivity contribution >= 4 is 29.3 Å². The average molecular weight is 601 g/mol. The monoisotopic (exact) mass is 600 g/mol. The number of hydrogen-bond donors (Lipinski definition) is 4. The van der Waals surface area contributed by atoms with Gasteiger partial charge in [0.15, 0.2) is 0 Å². The van der Waals surface area contributed by atoms with Gasteiger partial charge in [-0.2, -0.15) is 0 Å². The number of fused-ring (bicyclic) bond motifs is 3. The fraction of sp³-hybridized carbons (Fsp3) is 0.400. The molecule has 0 spiro atoms. The quantitative estimate of drug-likeness (QED) is 0.239. The van der Waals surface area contributed by atoms with Crippen molar-refractivity contribution in [3.05, 3.63) is 107 Å². The molecular weight excluding hydrogens is 560 g/mol. The Kier molecular flexibility index (Phi) is 9.83. The van der Waals surface area contributed by atoms with Crippen molar-refractivity contribution in [3.63, 3.8) is 0 Å². The summed E-state index contributed by atoms with van der Waals surface area (Å²) in [4.78, 5) is 40.7. The molecule has 7 nitrogen and oxygen atoms in total. The molecule has 5 N–H and O–H groups in total. The molecule has 3 amide bonds. The predicted molar refractivity (Wildman–Crippen MR) is 170 cm³/mol. The Hall–Kier alpha value is -3.68. The first-order valence-electron chi connectivity index (χ1n) is 15.2. The molecule has 3 aliphatic rings. The minimum absolute atomic E-state index is 0.0919.